The minimum Gasteiger partial charge on any atom is -0.494 e. The van der Waals surface area contributed by atoms with E-state index in [4.69, 9.17) is 21.7 Å². The van der Waals surface area contributed by atoms with Crippen LogP contribution in [0.4, 0.5) is 0 Å². The maximum atomic E-state index is 13.4. The molecule has 8 heteroatoms. The Morgan fingerprint density at radius 1 is 1.15 bits per heavy atom. The van der Waals surface area contributed by atoms with Crippen molar-refractivity contribution in [1.29, 1.82) is 0 Å². The van der Waals surface area contributed by atoms with Crippen molar-refractivity contribution in [1.82, 2.24) is 10.4 Å². The molecule has 1 N–H and O–H groups in total. The standard InChI is InChI=1S/C25H30N2O4S2/c1-3-30-19-6-5-18(20(11-19)31-4-2)10-21-22(28)27(24(32)33-21)26-23(29)25-12-15-7-16(13-25)9-17(8-15)14-25/h5-6,10-11,15-17H,3-4,7-9,12-14H2,1-2H3,(H,26,29)/b21-10+. The number of hydrogen-bond donors (Lipinski definition) is 1. The van der Waals surface area contributed by atoms with E-state index in [-0.39, 0.29) is 17.2 Å². The highest BCUT2D eigenvalue weighted by Gasteiger charge is 2.55. The lowest BCUT2D eigenvalue weighted by Crippen LogP contribution is -2.57. The molecule has 33 heavy (non-hydrogen) atoms. The van der Waals surface area contributed by atoms with Gasteiger partial charge in [-0.25, -0.2) is 0 Å². The fourth-order valence-corrected chi connectivity index (χ4v) is 7.66. The van der Waals surface area contributed by atoms with Crippen LogP contribution < -0.4 is 14.9 Å². The average Bonchev–Trinajstić information content (AvgIpc) is 3.02. The van der Waals surface area contributed by atoms with E-state index >= 15 is 0 Å². The Morgan fingerprint density at radius 2 is 1.79 bits per heavy atom. The minimum absolute atomic E-state index is 0.0322. The van der Waals surface area contributed by atoms with Crippen molar-refractivity contribution < 1.29 is 19.1 Å². The Kier molecular flexibility index (Phi) is 6.16. The minimum atomic E-state index is -0.334. The molecule has 4 aliphatic carbocycles. The summed E-state index contributed by atoms with van der Waals surface area (Å²) in [5.41, 5.74) is 3.34. The van der Waals surface area contributed by atoms with Crippen molar-refractivity contribution in [3.05, 3.63) is 28.7 Å². The van der Waals surface area contributed by atoms with Gasteiger partial charge in [-0.05, 0) is 101 Å². The molecule has 1 saturated heterocycles. The van der Waals surface area contributed by atoms with Gasteiger partial charge in [-0.15, -0.1) is 0 Å². The second-order valence-electron chi connectivity index (χ2n) is 9.72. The number of thiocarbonyl (C=S) groups is 1. The number of carbonyl (C=O) groups excluding carboxylic acids is 2. The molecule has 0 radical (unpaired) electrons. The smallest absolute Gasteiger partial charge is 0.285 e. The van der Waals surface area contributed by atoms with Crippen LogP contribution in [0.5, 0.6) is 11.5 Å². The van der Waals surface area contributed by atoms with Gasteiger partial charge in [-0.1, -0.05) is 11.8 Å². The third-order valence-corrected chi connectivity index (χ3v) is 8.71. The average molecular weight is 487 g/mol. The molecule has 2 amide bonds. The van der Waals surface area contributed by atoms with E-state index in [1.807, 2.05) is 32.0 Å². The second kappa shape index (κ2) is 8.95. The number of benzene rings is 1. The highest BCUT2D eigenvalue weighted by Crippen LogP contribution is 2.60. The van der Waals surface area contributed by atoms with Crippen LogP contribution in [-0.4, -0.2) is 34.4 Å². The Labute approximate surface area is 204 Å². The predicted octanol–water partition coefficient (Wildman–Crippen LogP) is 4.93. The van der Waals surface area contributed by atoms with E-state index in [0.29, 0.717) is 51.7 Å². The van der Waals surface area contributed by atoms with Crippen molar-refractivity contribution in [3.8, 4) is 11.5 Å². The fraction of sp³-hybridized carbons (Fsp3) is 0.560. The van der Waals surface area contributed by atoms with E-state index in [9.17, 15) is 9.59 Å². The van der Waals surface area contributed by atoms with Gasteiger partial charge in [0.25, 0.3) is 5.91 Å². The monoisotopic (exact) mass is 486 g/mol. The highest BCUT2D eigenvalue weighted by atomic mass is 32.2. The quantitative estimate of drug-likeness (QED) is 0.435. The van der Waals surface area contributed by atoms with Gasteiger partial charge in [0.1, 0.15) is 11.5 Å². The summed E-state index contributed by atoms with van der Waals surface area (Å²) in [5.74, 6) is 3.01. The molecule has 5 aliphatic rings. The molecule has 1 heterocycles. The van der Waals surface area contributed by atoms with Crippen LogP contribution >= 0.6 is 24.0 Å². The molecular weight excluding hydrogens is 456 g/mol. The normalized spacial score (nSPS) is 31.4. The van der Waals surface area contributed by atoms with Crippen LogP contribution in [0.15, 0.2) is 23.1 Å². The molecule has 6 rings (SSSR count). The lowest BCUT2D eigenvalue weighted by molar-refractivity contribution is -0.152. The molecule has 5 fully saturated rings. The van der Waals surface area contributed by atoms with Crippen molar-refractivity contribution in [2.45, 2.75) is 52.4 Å². The molecule has 4 bridgehead atoms. The third kappa shape index (κ3) is 4.28. The SMILES string of the molecule is CCOc1ccc(/C=C2/SC(=S)N(NC(=O)C34CC5CC(CC(C5)C3)C4)C2=O)c(OCC)c1. The van der Waals surface area contributed by atoms with Gasteiger partial charge < -0.3 is 9.47 Å². The van der Waals surface area contributed by atoms with Gasteiger partial charge in [0.2, 0.25) is 5.91 Å². The number of carbonyl (C=O) groups is 2. The molecular formula is C25H30N2O4S2. The van der Waals surface area contributed by atoms with Crippen molar-refractivity contribution in [2.75, 3.05) is 13.2 Å². The summed E-state index contributed by atoms with van der Waals surface area (Å²) in [4.78, 5) is 27.1. The Hall–Kier alpha value is -2.06. The van der Waals surface area contributed by atoms with Crippen LogP contribution in [0.1, 0.15) is 57.9 Å². The summed E-state index contributed by atoms with van der Waals surface area (Å²) in [6.07, 6.45) is 8.40. The Morgan fingerprint density at radius 3 is 2.39 bits per heavy atom. The zero-order valence-corrected chi connectivity index (χ0v) is 20.7. The van der Waals surface area contributed by atoms with Crippen molar-refractivity contribution in [3.63, 3.8) is 0 Å². The number of thioether (sulfide) groups is 1. The number of rotatable bonds is 7. The fourth-order valence-electron chi connectivity index (χ4n) is 6.49. The maximum absolute atomic E-state index is 13.4. The summed E-state index contributed by atoms with van der Waals surface area (Å²) in [7, 11) is 0. The summed E-state index contributed by atoms with van der Waals surface area (Å²) in [6, 6.07) is 5.55. The predicted molar refractivity (Wildman–Crippen MR) is 133 cm³/mol. The maximum Gasteiger partial charge on any atom is 0.285 e. The Balaban J connectivity index is 1.33. The number of nitrogens with zero attached hydrogens (tertiary/aromatic N) is 1. The summed E-state index contributed by atoms with van der Waals surface area (Å²) in [6.45, 7) is 4.90. The molecule has 1 aromatic carbocycles. The van der Waals surface area contributed by atoms with Crippen molar-refractivity contribution in [2.24, 2.45) is 23.2 Å². The summed E-state index contributed by atoms with van der Waals surface area (Å²) in [5, 5.41) is 1.27. The van der Waals surface area contributed by atoms with Crippen LogP contribution in [0.3, 0.4) is 0 Å². The molecule has 0 unspecified atom stereocenters. The third-order valence-electron chi connectivity index (χ3n) is 7.41. The molecule has 6 nitrogen and oxygen atoms in total. The summed E-state index contributed by atoms with van der Waals surface area (Å²) < 4.78 is 11.7. The van der Waals surface area contributed by atoms with E-state index in [2.05, 4.69) is 5.43 Å². The molecule has 0 spiro atoms. The van der Waals surface area contributed by atoms with Gasteiger partial charge in [-0.2, -0.15) is 5.01 Å². The zero-order valence-electron chi connectivity index (χ0n) is 19.1. The molecule has 1 aromatic rings. The van der Waals surface area contributed by atoms with Gasteiger partial charge >= 0.3 is 0 Å². The lowest BCUT2D eigenvalue weighted by Gasteiger charge is -2.55. The van der Waals surface area contributed by atoms with Gasteiger partial charge in [0, 0.05) is 11.6 Å². The van der Waals surface area contributed by atoms with Gasteiger partial charge in [0.05, 0.1) is 23.5 Å². The van der Waals surface area contributed by atoms with Crippen LogP contribution in [-0.2, 0) is 9.59 Å². The zero-order chi connectivity index (χ0) is 23.2. The largest absolute Gasteiger partial charge is 0.494 e. The topological polar surface area (TPSA) is 67.9 Å². The van der Waals surface area contributed by atoms with Gasteiger partial charge in [-0.3, -0.25) is 15.0 Å². The molecule has 176 valence electrons. The lowest BCUT2D eigenvalue weighted by atomic mass is 9.49. The van der Waals surface area contributed by atoms with E-state index in [1.165, 1.54) is 36.0 Å². The van der Waals surface area contributed by atoms with E-state index < -0.39 is 0 Å². The first kappa shape index (κ1) is 22.7. The van der Waals surface area contributed by atoms with Crippen LogP contribution in [0, 0.1) is 23.2 Å². The number of ether oxygens (including phenoxy) is 2. The molecule has 0 atom stereocenters. The van der Waals surface area contributed by atoms with E-state index in [1.54, 1.807) is 6.08 Å². The number of hydrazine groups is 1. The first-order chi connectivity index (χ1) is 15.9. The summed E-state index contributed by atoms with van der Waals surface area (Å²) >= 11 is 6.68. The molecule has 0 aromatic heterocycles. The molecule has 1 aliphatic heterocycles. The van der Waals surface area contributed by atoms with Gasteiger partial charge in [0.15, 0.2) is 4.32 Å². The van der Waals surface area contributed by atoms with Crippen LogP contribution in [0.2, 0.25) is 0 Å². The highest BCUT2D eigenvalue weighted by molar-refractivity contribution is 8.26. The molecule has 4 saturated carbocycles. The number of hydrogen-bond acceptors (Lipinski definition) is 6. The van der Waals surface area contributed by atoms with Crippen LogP contribution in [0.25, 0.3) is 6.08 Å². The number of amides is 2. The van der Waals surface area contributed by atoms with Crippen molar-refractivity contribution >= 4 is 46.2 Å². The Bertz CT molecular complexity index is 986. The first-order valence-electron chi connectivity index (χ1n) is 11.9. The number of nitrogens with one attached hydrogen (secondary N) is 1. The second-order valence-corrected chi connectivity index (χ2v) is 11.4. The van der Waals surface area contributed by atoms with E-state index in [0.717, 1.165) is 24.8 Å². The first-order valence-corrected chi connectivity index (χ1v) is 13.1.